The molecule has 0 bridgehead atoms. The molecule has 26 heavy (non-hydrogen) atoms. The molecule has 148 valence electrons. The van der Waals surface area contributed by atoms with Crippen LogP contribution in [0.1, 0.15) is 101 Å². The van der Waals surface area contributed by atoms with Gasteiger partial charge in [-0.2, -0.15) is 0 Å². The van der Waals surface area contributed by atoms with Crippen molar-refractivity contribution in [2.45, 2.75) is 91.9 Å². The van der Waals surface area contributed by atoms with E-state index >= 15 is 0 Å². The molecule has 0 N–H and O–H groups in total. The quantitative estimate of drug-likeness (QED) is 0.279. The number of carbonyl (C=O) groups excluding carboxylic acids is 1. The molecule has 0 saturated heterocycles. The van der Waals surface area contributed by atoms with Gasteiger partial charge in [0.05, 0.1) is 13.2 Å². The Bertz CT molecular complexity index is 522. The van der Waals surface area contributed by atoms with Crippen molar-refractivity contribution in [3.05, 3.63) is 28.8 Å². The lowest BCUT2D eigenvalue weighted by Crippen LogP contribution is -2.12. The summed E-state index contributed by atoms with van der Waals surface area (Å²) in [7, 11) is 0. The fourth-order valence-electron chi connectivity index (χ4n) is 3.23. The van der Waals surface area contributed by atoms with E-state index in [0.717, 1.165) is 43.4 Å². The van der Waals surface area contributed by atoms with Crippen LogP contribution in [-0.2, 0) is 17.6 Å². The number of aryl methyl sites for hydroxylation is 2. The molecule has 0 heterocycles. The van der Waals surface area contributed by atoms with E-state index in [1.54, 1.807) is 0 Å². The topological polar surface area (TPSA) is 35.5 Å². The Kier molecular flexibility index (Phi) is 11.8. The van der Waals surface area contributed by atoms with Crippen LogP contribution in [0.2, 0.25) is 0 Å². The number of ether oxygens (including phenoxy) is 2. The molecule has 1 aromatic carbocycles. The molecule has 0 fully saturated rings. The highest BCUT2D eigenvalue weighted by atomic mass is 16.5. The van der Waals surface area contributed by atoms with Gasteiger partial charge in [0, 0.05) is 0 Å². The van der Waals surface area contributed by atoms with Crippen molar-refractivity contribution in [3.8, 4) is 5.75 Å². The zero-order valence-corrected chi connectivity index (χ0v) is 17.4. The maximum absolute atomic E-state index is 12.5. The summed E-state index contributed by atoms with van der Waals surface area (Å²) in [5.41, 5.74) is 2.95. The smallest absolute Gasteiger partial charge is 0.341 e. The molecule has 0 saturated carbocycles. The van der Waals surface area contributed by atoms with Gasteiger partial charge in [0.25, 0.3) is 0 Å². The molecule has 0 aliphatic rings. The number of rotatable bonds is 14. The van der Waals surface area contributed by atoms with Gasteiger partial charge in [-0.25, -0.2) is 4.79 Å². The summed E-state index contributed by atoms with van der Waals surface area (Å²) < 4.78 is 11.4. The van der Waals surface area contributed by atoms with E-state index in [1.165, 1.54) is 37.7 Å². The van der Waals surface area contributed by atoms with E-state index in [1.807, 2.05) is 13.0 Å². The van der Waals surface area contributed by atoms with E-state index < -0.39 is 0 Å². The van der Waals surface area contributed by atoms with E-state index in [9.17, 15) is 4.79 Å². The van der Waals surface area contributed by atoms with Crippen LogP contribution in [0.4, 0.5) is 0 Å². The van der Waals surface area contributed by atoms with E-state index in [4.69, 9.17) is 9.47 Å². The summed E-state index contributed by atoms with van der Waals surface area (Å²) in [5.74, 6) is 0.486. The average molecular weight is 363 g/mol. The maximum Gasteiger partial charge on any atom is 0.341 e. The van der Waals surface area contributed by atoms with E-state index in [0.29, 0.717) is 18.8 Å². The highest BCUT2D eigenvalue weighted by Gasteiger charge is 2.19. The second-order valence-electron chi connectivity index (χ2n) is 6.97. The fourth-order valence-corrected chi connectivity index (χ4v) is 3.23. The highest BCUT2D eigenvalue weighted by molar-refractivity contribution is 5.93. The zero-order valence-electron chi connectivity index (χ0n) is 17.4. The lowest BCUT2D eigenvalue weighted by Gasteiger charge is -2.17. The first-order chi connectivity index (χ1) is 12.7. The first kappa shape index (κ1) is 22.5. The number of unbranched alkanes of at least 4 members (excludes halogenated alkanes) is 5. The molecular formula is C23H38O3. The SMILES string of the molecule is CCCCCCCCOc1c(CCC)cc(CCC)cc1C(=O)OCC. The molecule has 0 amide bonds. The Morgan fingerprint density at radius 3 is 2.19 bits per heavy atom. The Hall–Kier alpha value is -1.51. The van der Waals surface area contributed by atoms with Crippen LogP contribution < -0.4 is 4.74 Å². The van der Waals surface area contributed by atoms with Crippen LogP contribution in [0.5, 0.6) is 5.75 Å². The molecule has 0 unspecified atom stereocenters. The lowest BCUT2D eigenvalue weighted by atomic mass is 9.98. The zero-order chi connectivity index (χ0) is 19.2. The Labute approximate surface area is 160 Å². The van der Waals surface area contributed by atoms with Crippen molar-refractivity contribution >= 4 is 5.97 Å². The number of hydrogen-bond acceptors (Lipinski definition) is 3. The second kappa shape index (κ2) is 13.7. The van der Waals surface area contributed by atoms with Crippen LogP contribution in [0.15, 0.2) is 12.1 Å². The third kappa shape index (κ3) is 7.80. The Morgan fingerprint density at radius 2 is 1.54 bits per heavy atom. The van der Waals surface area contributed by atoms with Crippen molar-refractivity contribution in [1.29, 1.82) is 0 Å². The standard InChI is InChI=1S/C23H38O3/c1-5-9-10-11-12-13-16-26-22-20(15-7-3)17-19(14-6-2)18-21(22)23(24)25-8-4/h17-18H,5-16H2,1-4H3. The van der Waals surface area contributed by atoms with Crippen molar-refractivity contribution in [1.82, 2.24) is 0 Å². The van der Waals surface area contributed by atoms with Gasteiger partial charge in [-0.1, -0.05) is 71.8 Å². The van der Waals surface area contributed by atoms with Crippen molar-refractivity contribution in [3.63, 3.8) is 0 Å². The molecule has 0 aliphatic heterocycles. The average Bonchev–Trinajstić information content (AvgIpc) is 2.62. The summed E-state index contributed by atoms with van der Waals surface area (Å²) in [4.78, 5) is 12.5. The minimum Gasteiger partial charge on any atom is -0.492 e. The number of benzene rings is 1. The minimum atomic E-state index is -0.263. The maximum atomic E-state index is 12.5. The molecule has 3 heteroatoms. The van der Waals surface area contributed by atoms with E-state index in [2.05, 4.69) is 26.8 Å². The molecule has 0 atom stereocenters. The summed E-state index contributed by atoms with van der Waals surface area (Å²) in [6.45, 7) is 9.45. The molecule has 0 radical (unpaired) electrons. The van der Waals surface area contributed by atoms with Gasteiger partial charge in [0.1, 0.15) is 11.3 Å². The van der Waals surface area contributed by atoms with Crippen LogP contribution in [-0.4, -0.2) is 19.2 Å². The fraction of sp³-hybridized carbons (Fsp3) is 0.696. The predicted molar refractivity (Wildman–Crippen MR) is 109 cm³/mol. The first-order valence-electron chi connectivity index (χ1n) is 10.6. The predicted octanol–water partition coefficient (Wildman–Crippen LogP) is 6.51. The summed E-state index contributed by atoms with van der Waals surface area (Å²) in [5, 5.41) is 0. The number of esters is 1. The summed E-state index contributed by atoms with van der Waals surface area (Å²) in [6, 6.07) is 4.18. The summed E-state index contributed by atoms with van der Waals surface area (Å²) in [6.07, 6.45) is 11.4. The van der Waals surface area contributed by atoms with Gasteiger partial charge in [0.2, 0.25) is 0 Å². The monoisotopic (exact) mass is 362 g/mol. The number of hydrogen-bond donors (Lipinski definition) is 0. The van der Waals surface area contributed by atoms with Gasteiger partial charge in [-0.15, -0.1) is 0 Å². The van der Waals surface area contributed by atoms with Crippen LogP contribution in [0, 0.1) is 0 Å². The summed E-state index contributed by atoms with van der Waals surface area (Å²) >= 11 is 0. The van der Waals surface area contributed by atoms with Crippen LogP contribution >= 0.6 is 0 Å². The van der Waals surface area contributed by atoms with Gasteiger partial charge in [0.15, 0.2) is 0 Å². The lowest BCUT2D eigenvalue weighted by molar-refractivity contribution is 0.0521. The van der Waals surface area contributed by atoms with Crippen molar-refractivity contribution in [2.24, 2.45) is 0 Å². The molecule has 1 rings (SSSR count). The third-order valence-electron chi connectivity index (χ3n) is 4.52. The molecule has 1 aromatic rings. The Morgan fingerprint density at radius 1 is 0.846 bits per heavy atom. The van der Waals surface area contributed by atoms with Gasteiger partial charge in [-0.05, 0) is 43.4 Å². The third-order valence-corrected chi connectivity index (χ3v) is 4.52. The molecule has 0 spiro atoms. The van der Waals surface area contributed by atoms with Crippen LogP contribution in [0.3, 0.4) is 0 Å². The normalized spacial score (nSPS) is 10.8. The highest BCUT2D eigenvalue weighted by Crippen LogP contribution is 2.29. The van der Waals surface area contributed by atoms with Gasteiger partial charge < -0.3 is 9.47 Å². The minimum absolute atomic E-state index is 0.263. The van der Waals surface area contributed by atoms with E-state index in [-0.39, 0.29) is 5.97 Å². The van der Waals surface area contributed by atoms with Crippen molar-refractivity contribution < 1.29 is 14.3 Å². The van der Waals surface area contributed by atoms with Gasteiger partial charge >= 0.3 is 5.97 Å². The molecule has 0 aromatic heterocycles. The number of carbonyl (C=O) groups is 1. The molecular weight excluding hydrogens is 324 g/mol. The second-order valence-corrected chi connectivity index (χ2v) is 6.97. The largest absolute Gasteiger partial charge is 0.492 e. The Balaban J connectivity index is 2.88. The first-order valence-corrected chi connectivity index (χ1v) is 10.6. The van der Waals surface area contributed by atoms with Crippen molar-refractivity contribution in [2.75, 3.05) is 13.2 Å². The molecule has 3 nitrogen and oxygen atoms in total. The van der Waals surface area contributed by atoms with Gasteiger partial charge in [-0.3, -0.25) is 0 Å². The van der Waals surface area contributed by atoms with Crippen LogP contribution in [0.25, 0.3) is 0 Å². The molecule has 0 aliphatic carbocycles.